The largest absolute Gasteiger partial charge is 0.235 e. The Bertz CT molecular complexity index is 259. The van der Waals surface area contributed by atoms with Crippen LogP contribution in [-0.4, -0.2) is 10.7 Å². The fourth-order valence-corrected chi connectivity index (χ4v) is 2.23. The third kappa shape index (κ3) is 2.57. The van der Waals surface area contributed by atoms with Gasteiger partial charge in [0.05, 0.1) is 11.4 Å². The standard InChI is InChI=1S/C8H9NS2/c1-3-5-10-8-9-7(4-2)6-11-8/h1,6H,4-5H2,2H3. The Morgan fingerprint density at radius 3 is 3.18 bits per heavy atom. The van der Waals surface area contributed by atoms with Gasteiger partial charge in [-0.3, -0.25) is 0 Å². The van der Waals surface area contributed by atoms with E-state index in [-0.39, 0.29) is 0 Å². The molecule has 0 aromatic carbocycles. The second-order valence-corrected chi connectivity index (χ2v) is 4.03. The zero-order valence-electron chi connectivity index (χ0n) is 6.33. The third-order valence-corrected chi connectivity index (χ3v) is 3.15. The van der Waals surface area contributed by atoms with Crippen molar-refractivity contribution in [2.75, 3.05) is 5.75 Å². The average molecular weight is 183 g/mol. The van der Waals surface area contributed by atoms with Crippen molar-refractivity contribution in [3.63, 3.8) is 0 Å². The summed E-state index contributed by atoms with van der Waals surface area (Å²) < 4.78 is 1.08. The molecule has 1 heterocycles. The Balaban J connectivity index is 2.53. The molecule has 0 bridgehead atoms. The van der Waals surface area contributed by atoms with Gasteiger partial charge in [0.25, 0.3) is 0 Å². The van der Waals surface area contributed by atoms with Crippen molar-refractivity contribution in [1.82, 2.24) is 4.98 Å². The number of hydrogen-bond acceptors (Lipinski definition) is 3. The number of aryl methyl sites for hydroxylation is 1. The fraction of sp³-hybridized carbons (Fsp3) is 0.375. The van der Waals surface area contributed by atoms with Gasteiger partial charge in [0.15, 0.2) is 4.34 Å². The highest BCUT2D eigenvalue weighted by molar-refractivity contribution is 8.01. The first-order chi connectivity index (χ1) is 5.36. The van der Waals surface area contributed by atoms with E-state index in [1.165, 1.54) is 0 Å². The molecule has 1 aromatic heterocycles. The second-order valence-electron chi connectivity index (χ2n) is 1.95. The molecule has 11 heavy (non-hydrogen) atoms. The molecule has 0 amide bonds. The van der Waals surface area contributed by atoms with Gasteiger partial charge in [-0.25, -0.2) is 4.98 Å². The van der Waals surface area contributed by atoms with Crippen LogP contribution in [0.1, 0.15) is 12.6 Å². The molecule has 0 aliphatic heterocycles. The Kier molecular flexibility index (Phi) is 3.47. The van der Waals surface area contributed by atoms with E-state index in [4.69, 9.17) is 6.42 Å². The maximum Gasteiger partial charge on any atom is 0.151 e. The fourth-order valence-electron chi connectivity index (χ4n) is 0.620. The SMILES string of the molecule is C#CCSc1nc(CC)cs1. The van der Waals surface area contributed by atoms with Gasteiger partial charge in [-0.1, -0.05) is 24.6 Å². The molecule has 0 fully saturated rings. The summed E-state index contributed by atoms with van der Waals surface area (Å²) in [7, 11) is 0. The topological polar surface area (TPSA) is 12.9 Å². The molecule has 0 saturated heterocycles. The van der Waals surface area contributed by atoms with Crippen LogP contribution >= 0.6 is 23.1 Å². The molecule has 0 radical (unpaired) electrons. The van der Waals surface area contributed by atoms with Crippen molar-refractivity contribution in [1.29, 1.82) is 0 Å². The summed E-state index contributed by atoms with van der Waals surface area (Å²) in [4.78, 5) is 4.35. The molecule has 0 spiro atoms. The van der Waals surface area contributed by atoms with E-state index in [0.717, 1.165) is 22.2 Å². The Morgan fingerprint density at radius 1 is 1.82 bits per heavy atom. The van der Waals surface area contributed by atoms with E-state index >= 15 is 0 Å². The first-order valence-corrected chi connectivity index (χ1v) is 5.24. The van der Waals surface area contributed by atoms with Gasteiger partial charge in [-0.05, 0) is 6.42 Å². The highest BCUT2D eigenvalue weighted by Gasteiger charge is 1.98. The third-order valence-electron chi connectivity index (χ3n) is 1.17. The van der Waals surface area contributed by atoms with Gasteiger partial charge in [-0.2, -0.15) is 0 Å². The van der Waals surface area contributed by atoms with Crippen molar-refractivity contribution in [2.24, 2.45) is 0 Å². The Hall–Kier alpha value is -0.460. The lowest BCUT2D eigenvalue weighted by atomic mass is 10.4. The molecule has 0 atom stereocenters. The van der Waals surface area contributed by atoms with Crippen LogP contribution in [0.3, 0.4) is 0 Å². The van der Waals surface area contributed by atoms with Gasteiger partial charge in [0.2, 0.25) is 0 Å². The highest BCUT2D eigenvalue weighted by Crippen LogP contribution is 2.21. The minimum absolute atomic E-state index is 0.719. The van der Waals surface area contributed by atoms with Crippen molar-refractivity contribution in [2.45, 2.75) is 17.7 Å². The molecule has 58 valence electrons. The lowest BCUT2D eigenvalue weighted by molar-refractivity contribution is 1.03. The number of hydrogen-bond donors (Lipinski definition) is 0. The maximum absolute atomic E-state index is 5.12. The van der Waals surface area contributed by atoms with Crippen LogP contribution in [0.2, 0.25) is 0 Å². The first-order valence-electron chi connectivity index (χ1n) is 3.37. The first kappa shape index (κ1) is 8.63. The number of rotatable bonds is 3. The molecular formula is C8H9NS2. The van der Waals surface area contributed by atoms with Crippen LogP contribution in [0, 0.1) is 12.3 Å². The summed E-state index contributed by atoms with van der Waals surface area (Å²) >= 11 is 3.30. The average Bonchev–Trinajstić information content (AvgIpc) is 2.48. The smallest absolute Gasteiger partial charge is 0.151 e. The van der Waals surface area contributed by atoms with Crippen molar-refractivity contribution in [3.05, 3.63) is 11.1 Å². The molecule has 1 aromatic rings. The van der Waals surface area contributed by atoms with E-state index in [0.29, 0.717) is 0 Å². The minimum Gasteiger partial charge on any atom is -0.235 e. The van der Waals surface area contributed by atoms with Crippen LogP contribution in [0.4, 0.5) is 0 Å². The molecule has 3 heteroatoms. The summed E-state index contributed by atoms with van der Waals surface area (Å²) in [5.41, 5.74) is 1.16. The van der Waals surface area contributed by atoms with Crippen LogP contribution in [0.15, 0.2) is 9.72 Å². The van der Waals surface area contributed by atoms with E-state index in [1.807, 2.05) is 0 Å². The van der Waals surface area contributed by atoms with E-state index in [2.05, 4.69) is 23.2 Å². The maximum atomic E-state index is 5.12. The van der Waals surface area contributed by atoms with E-state index in [9.17, 15) is 0 Å². The number of thioether (sulfide) groups is 1. The minimum atomic E-state index is 0.719. The number of terminal acetylenes is 1. The number of aromatic nitrogens is 1. The van der Waals surface area contributed by atoms with E-state index < -0.39 is 0 Å². The Labute approximate surface area is 75.2 Å². The van der Waals surface area contributed by atoms with Crippen molar-refractivity contribution < 1.29 is 0 Å². The van der Waals surface area contributed by atoms with Crippen LogP contribution in [0.5, 0.6) is 0 Å². The predicted molar refractivity (Wildman–Crippen MR) is 51.0 cm³/mol. The zero-order valence-corrected chi connectivity index (χ0v) is 7.97. The van der Waals surface area contributed by atoms with Crippen molar-refractivity contribution in [3.8, 4) is 12.3 Å². The van der Waals surface area contributed by atoms with Gasteiger partial charge in [-0.15, -0.1) is 17.8 Å². The summed E-state index contributed by atoms with van der Waals surface area (Å²) in [5.74, 6) is 3.29. The molecule has 0 aliphatic carbocycles. The predicted octanol–water partition coefficient (Wildman–Crippen LogP) is 2.43. The molecular weight excluding hydrogens is 174 g/mol. The summed E-state index contributed by atoms with van der Waals surface area (Å²) in [5, 5.41) is 2.08. The van der Waals surface area contributed by atoms with Crippen LogP contribution in [-0.2, 0) is 6.42 Å². The lowest BCUT2D eigenvalue weighted by Gasteiger charge is -1.86. The lowest BCUT2D eigenvalue weighted by Crippen LogP contribution is -1.78. The van der Waals surface area contributed by atoms with Gasteiger partial charge >= 0.3 is 0 Å². The molecule has 0 saturated carbocycles. The van der Waals surface area contributed by atoms with E-state index in [1.54, 1.807) is 23.1 Å². The van der Waals surface area contributed by atoms with Gasteiger partial charge in [0, 0.05) is 5.38 Å². The van der Waals surface area contributed by atoms with Crippen LogP contribution in [0.25, 0.3) is 0 Å². The monoisotopic (exact) mass is 183 g/mol. The quantitative estimate of drug-likeness (QED) is 0.527. The summed E-state index contributed by atoms with van der Waals surface area (Å²) in [6.07, 6.45) is 6.13. The molecule has 0 N–H and O–H groups in total. The molecule has 1 nitrogen and oxygen atoms in total. The number of nitrogens with zero attached hydrogens (tertiary/aromatic N) is 1. The molecule has 1 rings (SSSR count). The summed E-state index contributed by atoms with van der Waals surface area (Å²) in [6, 6.07) is 0. The number of thiazole rings is 1. The highest BCUT2D eigenvalue weighted by atomic mass is 32.2. The van der Waals surface area contributed by atoms with Gasteiger partial charge in [0.1, 0.15) is 0 Å². The molecule has 0 aliphatic rings. The van der Waals surface area contributed by atoms with Gasteiger partial charge < -0.3 is 0 Å². The second kappa shape index (κ2) is 4.42. The Morgan fingerprint density at radius 2 is 2.64 bits per heavy atom. The zero-order chi connectivity index (χ0) is 8.10. The summed E-state index contributed by atoms with van der Waals surface area (Å²) in [6.45, 7) is 2.10. The van der Waals surface area contributed by atoms with Crippen LogP contribution < -0.4 is 0 Å². The normalized spacial score (nSPS) is 9.45. The molecule has 0 unspecified atom stereocenters. The van der Waals surface area contributed by atoms with Crippen molar-refractivity contribution >= 4 is 23.1 Å².